The number of nitrogens with zero attached hydrogens (tertiary/aromatic N) is 5. The lowest BCUT2D eigenvalue weighted by Gasteiger charge is -2.34. The van der Waals surface area contributed by atoms with E-state index in [2.05, 4.69) is 58.4 Å². The maximum Gasteiger partial charge on any atom is 0.281 e. The van der Waals surface area contributed by atoms with Gasteiger partial charge in [-0.3, -0.25) is 9.59 Å². The average Bonchev–Trinajstić information content (AvgIpc) is 3.16. The third-order valence-corrected chi connectivity index (χ3v) is 6.25. The van der Waals surface area contributed by atoms with E-state index in [0.29, 0.717) is 30.5 Å². The average molecular weight is 437 g/mol. The number of amides is 1. The Morgan fingerprint density at radius 1 is 1.22 bits per heavy atom. The van der Waals surface area contributed by atoms with Crippen molar-refractivity contribution in [2.45, 2.75) is 59.4 Å². The molecule has 2 aromatic heterocycles. The Labute approximate surface area is 188 Å². The molecule has 0 aliphatic carbocycles. The first kappa shape index (κ1) is 22.2. The minimum absolute atomic E-state index is 0.167. The predicted molar refractivity (Wildman–Crippen MR) is 123 cm³/mol. The van der Waals surface area contributed by atoms with Crippen molar-refractivity contribution in [3.05, 3.63) is 51.6 Å². The van der Waals surface area contributed by atoms with E-state index in [0.717, 1.165) is 31.4 Å². The molecule has 8 heteroatoms. The third-order valence-electron chi connectivity index (χ3n) is 6.25. The maximum absolute atomic E-state index is 13.2. The van der Waals surface area contributed by atoms with Crippen molar-refractivity contribution in [3.63, 3.8) is 0 Å². The Hall–Kier alpha value is -3.03. The van der Waals surface area contributed by atoms with E-state index in [1.165, 1.54) is 5.56 Å². The van der Waals surface area contributed by atoms with Gasteiger partial charge in [-0.05, 0) is 56.1 Å². The molecule has 0 radical (unpaired) electrons. The fourth-order valence-electron chi connectivity index (χ4n) is 4.59. The number of likely N-dealkylation sites (tertiary alicyclic amines) is 1. The van der Waals surface area contributed by atoms with Crippen LogP contribution in [0.4, 0.5) is 0 Å². The summed E-state index contributed by atoms with van der Waals surface area (Å²) in [4.78, 5) is 34.4. The zero-order valence-corrected chi connectivity index (χ0v) is 19.3. The molecule has 8 nitrogen and oxygen atoms in total. The monoisotopic (exact) mass is 436 g/mol. The highest BCUT2D eigenvalue weighted by atomic mass is 16.2. The second-order valence-corrected chi connectivity index (χ2v) is 9.45. The Bertz CT molecular complexity index is 1150. The molecule has 2 atom stereocenters. The number of nitrogens with one attached hydrogen (secondary N) is 1. The minimum Gasteiger partial charge on any atom is -0.342 e. The predicted octanol–water partition coefficient (Wildman–Crippen LogP) is 3.06. The van der Waals surface area contributed by atoms with Gasteiger partial charge in [0.2, 0.25) is 5.91 Å². The standard InChI is InChI=1S/C24H32N6O2/c1-15(2)12-18-7-9-20(10-8-18)16(3)24(32)29-11-5-6-19(13-29)14-30-22-21(27-28-30)23(31)26-17(4)25-22/h7-10,15-16,19H,5-6,11-14H2,1-4H3,(H,25,26,31)/t16?,19-/m0/s1. The molecular weight excluding hydrogens is 404 g/mol. The first-order valence-electron chi connectivity index (χ1n) is 11.5. The summed E-state index contributed by atoms with van der Waals surface area (Å²) in [5.41, 5.74) is 2.86. The number of hydrogen-bond acceptors (Lipinski definition) is 5. The normalized spacial score (nSPS) is 17.8. The molecule has 32 heavy (non-hydrogen) atoms. The number of H-pyrrole nitrogens is 1. The molecule has 1 aromatic carbocycles. The highest BCUT2D eigenvalue weighted by molar-refractivity contribution is 5.83. The number of aryl methyl sites for hydroxylation is 1. The van der Waals surface area contributed by atoms with Gasteiger partial charge in [0.25, 0.3) is 5.56 Å². The number of benzene rings is 1. The van der Waals surface area contributed by atoms with E-state index in [4.69, 9.17) is 0 Å². The van der Waals surface area contributed by atoms with Crippen molar-refractivity contribution >= 4 is 17.1 Å². The van der Waals surface area contributed by atoms with Crippen LogP contribution in [0.15, 0.2) is 29.1 Å². The van der Waals surface area contributed by atoms with Crippen LogP contribution in [0, 0.1) is 18.8 Å². The van der Waals surface area contributed by atoms with Gasteiger partial charge in [0, 0.05) is 19.6 Å². The van der Waals surface area contributed by atoms with Crippen molar-refractivity contribution < 1.29 is 4.79 Å². The summed E-state index contributed by atoms with van der Waals surface area (Å²) in [6, 6.07) is 8.47. The molecule has 170 valence electrons. The van der Waals surface area contributed by atoms with Crippen molar-refractivity contribution in [1.29, 1.82) is 0 Å². The Balaban J connectivity index is 1.43. The van der Waals surface area contributed by atoms with Gasteiger partial charge >= 0.3 is 0 Å². The highest BCUT2D eigenvalue weighted by Gasteiger charge is 2.28. The number of fused-ring (bicyclic) bond motifs is 1. The molecule has 1 saturated heterocycles. The fourth-order valence-corrected chi connectivity index (χ4v) is 4.59. The molecule has 1 unspecified atom stereocenters. The molecule has 1 aliphatic rings. The van der Waals surface area contributed by atoms with Crippen LogP contribution in [0.5, 0.6) is 0 Å². The van der Waals surface area contributed by atoms with E-state index >= 15 is 0 Å². The Morgan fingerprint density at radius 2 is 1.97 bits per heavy atom. The van der Waals surface area contributed by atoms with Crippen LogP contribution in [0.3, 0.4) is 0 Å². The van der Waals surface area contributed by atoms with Crippen LogP contribution in [0.25, 0.3) is 11.2 Å². The van der Waals surface area contributed by atoms with Crippen LogP contribution in [0.1, 0.15) is 56.5 Å². The lowest BCUT2D eigenvalue weighted by Crippen LogP contribution is -2.43. The first-order valence-corrected chi connectivity index (χ1v) is 11.5. The lowest BCUT2D eigenvalue weighted by atomic mass is 9.93. The molecule has 1 aliphatic heterocycles. The van der Waals surface area contributed by atoms with Crippen LogP contribution in [-0.4, -0.2) is 48.9 Å². The van der Waals surface area contributed by atoms with Crippen molar-refractivity contribution in [3.8, 4) is 0 Å². The summed E-state index contributed by atoms with van der Waals surface area (Å²) < 4.78 is 1.70. The molecule has 0 spiro atoms. The van der Waals surface area contributed by atoms with Crippen molar-refractivity contribution in [2.75, 3.05) is 13.1 Å². The summed E-state index contributed by atoms with van der Waals surface area (Å²) in [6.07, 6.45) is 3.01. The molecule has 3 heterocycles. The molecule has 3 aromatic rings. The quantitative estimate of drug-likeness (QED) is 0.641. The summed E-state index contributed by atoms with van der Waals surface area (Å²) in [7, 11) is 0. The number of piperidine rings is 1. The summed E-state index contributed by atoms with van der Waals surface area (Å²) in [6.45, 7) is 10.2. The van der Waals surface area contributed by atoms with Gasteiger partial charge in [-0.1, -0.05) is 43.3 Å². The molecule has 1 fully saturated rings. The number of carbonyl (C=O) groups excluding carboxylic acids is 1. The molecule has 4 rings (SSSR count). The minimum atomic E-state index is -0.271. The highest BCUT2D eigenvalue weighted by Crippen LogP contribution is 2.25. The number of aromatic nitrogens is 5. The van der Waals surface area contributed by atoms with Gasteiger partial charge in [0.05, 0.1) is 5.92 Å². The molecule has 1 N–H and O–H groups in total. The topological polar surface area (TPSA) is 96.8 Å². The largest absolute Gasteiger partial charge is 0.342 e. The van der Waals surface area contributed by atoms with Gasteiger partial charge in [0.1, 0.15) is 5.82 Å². The second kappa shape index (κ2) is 9.22. The second-order valence-electron chi connectivity index (χ2n) is 9.45. The summed E-state index contributed by atoms with van der Waals surface area (Å²) >= 11 is 0. The third kappa shape index (κ3) is 4.74. The Kier molecular flexibility index (Phi) is 6.39. The van der Waals surface area contributed by atoms with E-state index < -0.39 is 0 Å². The number of hydrogen-bond donors (Lipinski definition) is 1. The van der Waals surface area contributed by atoms with Gasteiger partial charge < -0.3 is 9.88 Å². The fraction of sp³-hybridized carbons (Fsp3) is 0.542. The molecular formula is C24H32N6O2. The summed E-state index contributed by atoms with van der Waals surface area (Å²) in [5.74, 6) is 1.40. The first-order chi connectivity index (χ1) is 15.3. The van der Waals surface area contributed by atoms with Crippen molar-refractivity contribution in [1.82, 2.24) is 29.9 Å². The zero-order chi connectivity index (χ0) is 22.8. The number of rotatable bonds is 6. The van der Waals surface area contributed by atoms with E-state index in [1.807, 2.05) is 11.8 Å². The van der Waals surface area contributed by atoms with Crippen molar-refractivity contribution in [2.24, 2.45) is 11.8 Å². The number of carbonyl (C=O) groups is 1. The van der Waals surface area contributed by atoms with Crippen LogP contribution >= 0.6 is 0 Å². The van der Waals surface area contributed by atoms with Gasteiger partial charge in [0.15, 0.2) is 11.2 Å². The summed E-state index contributed by atoms with van der Waals surface area (Å²) in [5, 5.41) is 8.15. The zero-order valence-electron chi connectivity index (χ0n) is 19.3. The van der Waals surface area contributed by atoms with Gasteiger partial charge in [-0.25, -0.2) is 9.67 Å². The van der Waals surface area contributed by atoms with E-state index in [-0.39, 0.29) is 28.8 Å². The molecule has 0 saturated carbocycles. The van der Waals surface area contributed by atoms with Crippen LogP contribution in [-0.2, 0) is 17.8 Å². The molecule has 1 amide bonds. The smallest absolute Gasteiger partial charge is 0.281 e. The Morgan fingerprint density at radius 3 is 2.69 bits per heavy atom. The van der Waals surface area contributed by atoms with E-state index in [9.17, 15) is 9.59 Å². The van der Waals surface area contributed by atoms with Crippen LogP contribution < -0.4 is 5.56 Å². The maximum atomic E-state index is 13.2. The van der Waals surface area contributed by atoms with Crippen LogP contribution in [0.2, 0.25) is 0 Å². The molecule has 0 bridgehead atoms. The lowest BCUT2D eigenvalue weighted by molar-refractivity contribution is -0.134. The van der Waals surface area contributed by atoms with Gasteiger partial charge in [-0.2, -0.15) is 0 Å². The van der Waals surface area contributed by atoms with Gasteiger partial charge in [-0.15, -0.1) is 5.10 Å². The number of aromatic amines is 1. The SMILES string of the molecule is Cc1nc2c(nnn2C[C@H]2CCCN(C(=O)C(C)c3ccc(CC(C)C)cc3)C2)c(=O)[nH]1. The van der Waals surface area contributed by atoms with E-state index in [1.54, 1.807) is 11.6 Å².